The molecule has 0 fully saturated rings. The number of aliphatic hydroxyl groups is 1. The van der Waals surface area contributed by atoms with Gasteiger partial charge in [-0.1, -0.05) is 48.5 Å². The van der Waals surface area contributed by atoms with Crippen LogP contribution < -0.4 is 15.4 Å². The Balaban J connectivity index is 0.00000243. The predicted molar refractivity (Wildman–Crippen MR) is 116 cm³/mol. The van der Waals surface area contributed by atoms with Gasteiger partial charge < -0.3 is 20.5 Å². The summed E-state index contributed by atoms with van der Waals surface area (Å²) in [5.74, 6) is 1.72. The Hall–Kier alpha value is -1.80. The molecule has 0 saturated heterocycles. The van der Waals surface area contributed by atoms with Crippen molar-refractivity contribution in [3.8, 4) is 5.75 Å². The fourth-order valence-corrected chi connectivity index (χ4v) is 3.03. The van der Waals surface area contributed by atoms with Crippen molar-refractivity contribution in [2.24, 2.45) is 4.99 Å². The van der Waals surface area contributed by atoms with Gasteiger partial charge in [0.25, 0.3) is 0 Å². The van der Waals surface area contributed by atoms with Gasteiger partial charge in [0, 0.05) is 25.9 Å². The van der Waals surface area contributed by atoms with Crippen molar-refractivity contribution in [3.05, 3.63) is 65.7 Å². The summed E-state index contributed by atoms with van der Waals surface area (Å²) in [6.45, 7) is 1.39. The lowest BCUT2D eigenvalue weighted by atomic mass is 10.0. The molecule has 0 bridgehead atoms. The van der Waals surface area contributed by atoms with Gasteiger partial charge in [-0.15, -0.1) is 24.0 Å². The summed E-state index contributed by atoms with van der Waals surface area (Å²) < 4.78 is 5.93. The first-order valence-electron chi connectivity index (χ1n) is 8.65. The van der Waals surface area contributed by atoms with Crippen LogP contribution >= 0.6 is 24.0 Å². The van der Waals surface area contributed by atoms with Gasteiger partial charge in [-0.25, -0.2) is 0 Å². The molecule has 26 heavy (non-hydrogen) atoms. The molecular weight excluding hydrogens is 441 g/mol. The van der Waals surface area contributed by atoms with Gasteiger partial charge in [0.15, 0.2) is 5.96 Å². The lowest BCUT2D eigenvalue weighted by Crippen LogP contribution is -2.43. The van der Waals surface area contributed by atoms with Crippen LogP contribution in [-0.2, 0) is 6.42 Å². The van der Waals surface area contributed by atoms with Gasteiger partial charge in [0.05, 0.1) is 13.2 Å². The zero-order chi connectivity index (χ0) is 17.5. The van der Waals surface area contributed by atoms with Crippen LogP contribution in [0.5, 0.6) is 5.75 Å². The van der Waals surface area contributed by atoms with Gasteiger partial charge in [0.1, 0.15) is 11.9 Å². The van der Waals surface area contributed by atoms with Gasteiger partial charge >= 0.3 is 0 Å². The molecule has 5 nitrogen and oxygen atoms in total. The number of halogens is 1. The van der Waals surface area contributed by atoms with E-state index < -0.39 is 0 Å². The molecule has 6 heteroatoms. The number of para-hydroxylation sites is 1. The Morgan fingerprint density at radius 3 is 2.58 bits per heavy atom. The van der Waals surface area contributed by atoms with E-state index in [1.165, 1.54) is 5.56 Å². The first-order valence-corrected chi connectivity index (χ1v) is 8.65. The van der Waals surface area contributed by atoms with E-state index in [2.05, 4.69) is 21.7 Å². The summed E-state index contributed by atoms with van der Waals surface area (Å²) in [6.07, 6.45) is 1.02. The second kappa shape index (κ2) is 10.4. The third kappa shape index (κ3) is 5.35. The van der Waals surface area contributed by atoms with E-state index in [1.54, 1.807) is 7.05 Å². The molecule has 3 rings (SSSR count). The lowest BCUT2D eigenvalue weighted by molar-refractivity contribution is 0.234. The standard InChI is InChI=1S/C20H25N3O2.HI/c1-21-20(22-12-17(14-24)15-7-3-2-4-8-15)23-13-18-11-16-9-5-6-10-19(16)25-18;/h2-10,17-18,24H,11-14H2,1H3,(H2,21,22,23);1H. The molecular formula is C20H26IN3O2. The number of hydrogen-bond acceptors (Lipinski definition) is 3. The summed E-state index contributed by atoms with van der Waals surface area (Å²) in [7, 11) is 1.75. The molecule has 0 amide bonds. The van der Waals surface area contributed by atoms with Crippen LogP contribution in [0.3, 0.4) is 0 Å². The van der Waals surface area contributed by atoms with Gasteiger partial charge in [-0.3, -0.25) is 4.99 Å². The largest absolute Gasteiger partial charge is 0.488 e. The lowest BCUT2D eigenvalue weighted by Gasteiger charge is -2.19. The quantitative estimate of drug-likeness (QED) is 0.347. The number of rotatable bonds is 6. The van der Waals surface area contributed by atoms with Crippen LogP contribution in [0.1, 0.15) is 17.0 Å². The molecule has 2 atom stereocenters. The number of nitrogens with zero attached hydrogens (tertiary/aromatic N) is 1. The minimum Gasteiger partial charge on any atom is -0.488 e. The first kappa shape index (κ1) is 20.5. The van der Waals surface area contributed by atoms with Gasteiger partial charge in [0.2, 0.25) is 0 Å². The van der Waals surface area contributed by atoms with Crippen molar-refractivity contribution in [1.29, 1.82) is 0 Å². The summed E-state index contributed by atoms with van der Waals surface area (Å²) in [5, 5.41) is 16.2. The van der Waals surface area contributed by atoms with Crippen molar-refractivity contribution in [3.63, 3.8) is 0 Å². The van der Waals surface area contributed by atoms with E-state index in [4.69, 9.17) is 4.74 Å². The molecule has 1 aliphatic heterocycles. The van der Waals surface area contributed by atoms with E-state index in [-0.39, 0.29) is 42.6 Å². The Morgan fingerprint density at radius 2 is 1.88 bits per heavy atom. The fourth-order valence-electron chi connectivity index (χ4n) is 3.03. The third-order valence-electron chi connectivity index (χ3n) is 4.44. The molecule has 0 aliphatic carbocycles. The number of benzene rings is 2. The first-order chi connectivity index (χ1) is 12.3. The van der Waals surface area contributed by atoms with Crippen molar-refractivity contribution in [1.82, 2.24) is 10.6 Å². The van der Waals surface area contributed by atoms with Crippen LogP contribution in [0.25, 0.3) is 0 Å². The molecule has 2 unspecified atom stereocenters. The topological polar surface area (TPSA) is 65.9 Å². The second-order valence-electron chi connectivity index (χ2n) is 6.18. The van der Waals surface area contributed by atoms with Crippen molar-refractivity contribution < 1.29 is 9.84 Å². The smallest absolute Gasteiger partial charge is 0.191 e. The molecule has 140 valence electrons. The van der Waals surface area contributed by atoms with E-state index >= 15 is 0 Å². The number of aliphatic imine (C=N–C) groups is 1. The molecule has 3 N–H and O–H groups in total. The summed E-state index contributed by atoms with van der Waals surface area (Å²) in [4.78, 5) is 4.26. The monoisotopic (exact) mass is 467 g/mol. The van der Waals surface area contributed by atoms with Crippen LogP contribution in [-0.4, -0.2) is 43.9 Å². The van der Waals surface area contributed by atoms with Crippen LogP contribution in [0.4, 0.5) is 0 Å². The van der Waals surface area contributed by atoms with E-state index in [0.717, 1.165) is 17.7 Å². The highest BCUT2D eigenvalue weighted by atomic mass is 127. The summed E-state index contributed by atoms with van der Waals surface area (Å²) in [6, 6.07) is 18.2. The van der Waals surface area contributed by atoms with Crippen molar-refractivity contribution >= 4 is 29.9 Å². The average molecular weight is 467 g/mol. The molecule has 2 aromatic rings. The number of nitrogens with one attached hydrogen (secondary N) is 2. The minimum atomic E-state index is 0. The molecule has 1 aliphatic rings. The van der Waals surface area contributed by atoms with E-state index in [0.29, 0.717) is 19.0 Å². The van der Waals surface area contributed by atoms with Gasteiger partial charge in [-0.2, -0.15) is 0 Å². The summed E-state index contributed by atoms with van der Waals surface area (Å²) in [5.41, 5.74) is 2.36. The molecule has 0 saturated carbocycles. The number of guanidine groups is 1. The molecule has 0 radical (unpaired) electrons. The molecule has 2 aromatic carbocycles. The maximum atomic E-state index is 9.65. The Bertz CT molecular complexity index is 684. The van der Waals surface area contributed by atoms with Gasteiger partial charge in [-0.05, 0) is 17.2 Å². The number of aliphatic hydroxyl groups excluding tert-OH is 1. The number of fused-ring (bicyclic) bond motifs is 1. The number of hydrogen-bond donors (Lipinski definition) is 3. The maximum Gasteiger partial charge on any atom is 0.191 e. The van der Waals surface area contributed by atoms with Crippen LogP contribution in [0.15, 0.2) is 59.6 Å². The predicted octanol–water partition coefficient (Wildman–Crippen LogP) is 2.55. The highest BCUT2D eigenvalue weighted by Crippen LogP contribution is 2.27. The Kier molecular flexibility index (Phi) is 8.18. The van der Waals surface area contributed by atoms with Crippen molar-refractivity contribution in [2.45, 2.75) is 18.4 Å². The zero-order valence-electron chi connectivity index (χ0n) is 14.9. The maximum absolute atomic E-state index is 9.65. The Morgan fingerprint density at radius 1 is 1.15 bits per heavy atom. The minimum absolute atomic E-state index is 0. The fraction of sp³-hybridized carbons (Fsp3) is 0.350. The SMILES string of the molecule is CN=C(NCC1Cc2ccccc2O1)NCC(CO)c1ccccc1.I. The van der Waals surface area contributed by atoms with Crippen LogP contribution in [0, 0.1) is 0 Å². The highest BCUT2D eigenvalue weighted by molar-refractivity contribution is 14.0. The molecule has 0 spiro atoms. The van der Waals surface area contributed by atoms with E-state index in [9.17, 15) is 5.11 Å². The summed E-state index contributed by atoms with van der Waals surface area (Å²) >= 11 is 0. The zero-order valence-corrected chi connectivity index (χ0v) is 17.2. The average Bonchev–Trinajstić information content (AvgIpc) is 3.08. The van der Waals surface area contributed by atoms with Crippen LogP contribution in [0.2, 0.25) is 0 Å². The highest BCUT2D eigenvalue weighted by Gasteiger charge is 2.22. The van der Waals surface area contributed by atoms with Crippen molar-refractivity contribution in [2.75, 3.05) is 26.7 Å². The number of ether oxygens (including phenoxy) is 1. The van der Waals surface area contributed by atoms with E-state index in [1.807, 2.05) is 48.5 Å². The molecule has 0 aromatic heterocycles. The molecule has 1 heterocycles. The normalized spacial score (nSPS) is 16.8. The Labute approximate surface area is 171 Å². The second-order valence-corrected chi connectivity index (χ2v) is 6.18. The third-order valence-corrected chi connectivity index (χ3v) is 4.44.